The smallest absolute Gasteiger partial charge is 0.274 e. The van der Waals surface area contributed by atoms with E-state index in [2.05, 4.69) is 10.3 Å². The molecule has 0 saturated carbocycles. The molecule has 0 aliphatic carbocycles. The lowest BCUT2D eigenvalue weighted by molar-refractivity contribution is -0.384. The molecule has 0 atom stereocenters. The van der Waals surface area contributed by atoms with Crippen molar-refractivity contribution in [3.8, 4) is 11.5 Å². The average Bonchev–Trinajstić information content (AvgIpc) is 3.02. The number of nitro groups is 1. The van der Waals surface area contributed by atoms with E-state index in [-0.39, 0.29) is 23.2 Å². The first-order chi connectivity index (χ1) is 12.5. The first-order valence-corrected chi connectivity index (χ1v) is 8.47. The van der Waals surface area contributed by atoms with Gasteiger partial charge in [-0.15, -0.1) is 0 Å². The highest BCUT2D eigenvalue weighted by Gasteiger charge is 2.17. The van der Waals surface area contributed by atoms with Crippen LogP contribution in [0.15, 0.2) is 36.4 Å². The van der Waals surface area contributed by atoms with Gasteiger partial charge in [0, 0.05) is 6.07 Å². The van der Waals surface area contributed by atoms with Gasteiger partial charge in [-0.1, -0.05) is 35.1 Å². The second kappa shape index (κ2) is 7.54. The standard InChI is InChI=1S/C16H12ClN3O5S/c1-24-12-6-9(20(22)23)7-13-15(12)19-16(26-13)18-14(21)8-25-11-5-3-2-4-10(11)17/h2-7H,8H2,1H3,(H,18,19,21). The number of nitro benzene ring substituents is 1. The van der Waals surface area contributed by atoms with Gasteiger partial charge >= 0.3 is 0 Å². The fourth-order valence-electron chi connectivity index (χ4n) is 2.16. The van der Waals surface area contributed by atoms with Gasteiger partial charge in [0.2, 0.25) is 0 Å². The molecule has 134 valence electrons. The number of nitrogens with zero attached hydrogens (tertiary/aromatic N) is 2. The molecule has 0 radical (unpaired) electrons. The SMILES string of the molecule is COc1cc([N+](=O)[O-])cc2sc(NC(=O)COc3ccccc3Cl)nc12. The number of rotatable bonds is 6. The number of hydrogen-bond acceptors (Lipinski definition) is 7. The topological polar surface area (TPSA) is 104 Å². The van der Waals surface area contributed by atoms with Crippen LogP contribution in [-0.4, -0.2) is 29.5 Å². The minimum atomic E-state index is -0.516. The average molecular weight is 394 g/mol. The number of carbonyl (C=O) groups is 1. The van der Waals surface area contributed by atoms with E-state index in [1.165, 1.54) is 19.2 Å². The highest BCUT2D eigenvalue weighted by molar-refractivity contribution is 7.22. The minimum absolute atomic E-state index is 0.113. The monoisotopic (exact) mass is 393 g/mol. The zero-order valence-corrected chi connectivity index (χ0v) is 15.0. The number of amides is 1. The van der Waals surface area contributed by atoms with Crippen molar-refractivity contribution in [1.82, 2.24) is 4.98 Å². The molecule has 1 N–H and O–H groups in total. The normalized spacial score (nSPS) is 10.5. The molecule has 0 spiro atoms. The summed E-state index contributed by atoms with van der Waals surface area (Å²) in [5.41, 5.74) is 0.323. The lowest BCUT2D eigenvalue weighted by Crippen LogP contribution is -2.20. The maximum atomic E-state index is 12.1. The number of anilines is 1. The minimum Gasteiger partial charge on any atom is -0.494 e. The summed E-state index contributed by atoms with van der Waals surface area (Å²) in [4.78, 5) is 26.8. The summed E-state index contributed by atoms with van der Waals surface area (Å²) in [6.45, 7) is -0.253. The molecule has 10 heteroatoms. The van der Waals surface area contributed by atoms with Crippen molar-refractivity contribution in [2.75, 3.05) is 19.0 Å². The van der Waals surface area contributed by atoms with E-state index in [0.717, 1.165) is 11.3 Å². The lowest BCUT2D eigenvalue weighted by Gasteiger charge is -2.06. The Bertz CT molecular complexity index is 991. The summed E-state index contributed by atoms with van der Waals surface area (Å²) in [5.74, 6) is 0.224. The summed E-state index contributed by atoms with van der Waals surface area (Å²) in [6, 6.07) is 9.47. The maximum absolute atomic E-state index is 12.1. The van der Waals surface area contributed by atoms with E-state index in [4.69, 9.17) is 21.1 Å². The van der Waals surface area contributed by atoms with Crippen LogP contribution in [0, 0.1) is 10.1 Å². The van der Waals surface area contributed by atoms with Gasteiger partial charge in [0.1, 0.15) is 11.3 Å². The molecule has 8 nitrogen and oxygen atoms in total. The van der Waals surface area contributed by atoms with Crippen LogP contribution in [0.3, 0.4) is 0 Å². The molecule has 2 aromatic carbocycles. The Labute approximate surface area is 156 Å². The third-order valence-corrected chi connectivity index (χ3v) is 4.55. The second-order valence-corrected chi connectivity index (χ2v) is 6.48. The number of methoxy groups -OCH3 is 1. The lowest BCUT2D eigenvalue weighted by atomic mass is 10.3. The van der Waals surface area contributed by atoms with Crippen LogP contribution in [0.1, 0.15) is 0 Å². The number of thiazole rings is 1. The van der Waals surface area contributed by atoms with Crippen LogP contribution in [0.25, 0.3) is 10.2 Å². The van der Waals surface area contributed by atoms with Gasteiger partial charge in [-0.05, 0) is 12.1 Å². The molecule has 26 heavy (non-hydrogen) atoms. The number of fused-ring (bicyclic) bond motifs is 1. The van der Waals surface area contributed by atoms with Gasteiger partial charge in [0.05, 0.1) is 27.8 Å². The van der Waals surface area contributed by atoms with E-state index in [9.17, 15) is 14.9 Å². The Balaban J connectivity index is 1.75. The molecule has 1 amide bonds. The Kier molecular flexibility index (Phi) is 5.19. The predicted molar refractivity (Wildman–Crippen MR) is 98.4 cm³/mol. The van der Waals surface area contributed by atoms with Gasteiger partial charge < -0.3 is 9.47 Å². The van der Waals surface area contributed by atoms with Crippen LogP contribution >= 0.6 is 22.9 Å². The molecule has 3 rings (SSSR count). The van der Waals surface area contributed by atoms with Gasteiger partial charge in [-0.25, -0.2) is 4.98 Å². The Morgan fingerprint density at radius 1 is 1.35 bits per heavy atom. The highest BCUT2D eigenvalue weighted by atomic mass is 35.5. The van der Waals surface area contributed by atoms with Crippen molar-refractivity contribution in [2.24, 2.45) is 0 Å². The second-order valence-electron chi connectivity index (χ2n) is 5.04. The van der Waals surface area contributed by atoms with E-state index in [0.29, 0.717) is 21.0 Å². The number of ether oxygens (including phenoxy) is 2. The fourth-order valence-corrected chi connectivity index (χ4v) is 3.28. The number of aromatic nitrogens is 1. The van der Waals surface area contributed by atoms with Crippen LogP contribution in [0.4, 0.5) is 10.8 Å². The van der Waals surface area contributed by atoms with Crippen LogP contribution in [0.5, 0.6) is 11.5 Å². The Hall–Kier alpha value is -2.91. The molecule has 0 aliphatic rings. The zero-order chi connectivity index (χ0) is 18.7. The number of non-ortho nitro benzene ring substituents is 1. The molecular formula is C16H12ClN3O5S. The van der Waals surface area contributed by atoms with Gasteiger partial charge in [0.25, 0.3) is 11.6 Å². The summed E-state index contributed by atoms with van der Waals surface area (Å²) < 4.78 is 11.0. The van der Waals surface area contributed by atoms with Crippen LogP contribution < -0.4 is 14.8 Å². The van der Waals surface area contributed by atoms with Gasteiger partial charge in [-0.2, -0.15) is 0 Å². The summed E-state index contributed by atoms with van der Waals surface area (Å²) in [5, 5.41) is 14.3. The van der Waals surface area contributed by atoms with Crippen molar-refractivity contribution >= 4 is 49.9 Å². The Morgan fingerprint density at radius 2 is 2.12 bits per heavy atom. The number of nitrogens with one attached hydrogen (secondary N) is 1. The maximum Gasteiger partial charge on any atom is 0.274 e. The summed E-state index contributed by atoms with van der Waals surface area (Å²) in [6.07, 6.45) is 0. The van der Waals surface area contributed by atoms with Gasteiger partial charge in [0.15, 0.2) is 17.5 Å². The van der Waals surface area contributed by atoms with Gasteiger partial charge in [-0.3, -0.25) is 20.2 Å². The summed E-state index contributed by atoms with van der Waals surface area (Å²) in [7, 11) is 1.40. The number of halogens is 1. The highest BCUT2D eigenvalue weighted by Crippen LogP contribution is 2.36. The first kappa shape index (κ1) is 17.9. The molecule has 0 unspecified atom stereocenters. The third kappa shape index (κ3) is 3.84. The van der Waals surface area contributed by atoms with Crippen molar-refractivity contribution in [1.29, 1.82) is 0 Å². The number of para-hydroxylation sites is 1. The zero-order valence-electron chi connectivity index (χ0n) is 13.4. The molecule has 0 fully saturated rings. The quantitative estimate of drug-likeness (QED) is 0.503. The fraction of sp³-hybridized carbons (Fsp3) is 0.125. The van der Waals surface area contributed by atoms with Crippen molar-refractivity contribution < 1.29 is 19.2 Å². The summed E-state index contributed by atoms with van der Waals surface area (Å²) >= 11 is 7.06. The third-order valence-electron chi connectivity index (χ3n) is 3.32. The first-order valence-electron chi connectivity index (χ1n) is 7.28. The van der Waals surface area contributed by atoms with Crippen molar-refractivity contribution in [3.63, 3.8) is 0 Å². The predicted octanol–water partition coefficient (Wildman–Crippen LogP) is 3.88. The van der Waals surface area contributed by atoms with E-state index >= 15 is 0 Å². The number of carbonyl (C=O) groups excluding carboxylic acids is 1. The van der Waals surface area contributed by atoms with Crippen LogP contribution in [-0.2, 0) is 4.79 Å². The Morgan fingerprint density at radius 3 is 2.81 bits per heavy atom. The van der Waals surface area contributed by atoms with Crippen molar-refractivity contribution in [2.45, 2.75) is 0 Å². The van der Waals surface area contributed by atoms with Crippen LogP contribution in [0.2, 0.25) is 5.02 Å². The van der Waals surface area contributed by atoms with Crippen molar-refractivity contribution in [3.05, 3.63) is 51.5 Å². The molecule has 0 bridgehead atoms. The molecule has 1 heterocycles. The molecular weight excluding hydrogens is 382 g/mol. The molecule has 0 aliphatic heterocycles. The molecule has 0 saturated heterocycles. The number of hydrogen-bond donors (Lipinski definition) is 1. The van der Waals surface area contributed by atoms with E-state index in [1.54, 1.807) is 24.3 Å². The van der Waals surface area contributed by atoms with E-state index in [1.807, 2.05) is 0 Å². The molecule has 1 aromatic heterocycles. The van der Waals surface area contributed by atoms with E-state index < -0.39 is 10.8 Å². The number of benzene rings is 2. The molecule has 3 aromatic rings. The largest absolute Gasteiger partial charge is 0.494 e.